The van der Waals surface area contributed by atoms with Crippen LogP contribution in [-0.2, 0) is 0 Å². The van der Waals surface area contributed by atoms with E-state index in [1.165, 1.54) is 4.90 Å². The first-order valence-electron chi connectivity index (χ1n) is 18.1. The molecule has 4 nitrogen and oxygen atoms in total. The number of carbonyl (C=O) groups is 2. The highest BCUT2D eigenvalue weighted by Gasteiger charge is 2.42. The average Bonchev–Trinajstić information content (AvgIpc) is 3.72. The Bertz CT molecular complexity index is 2840. The Morgan fingerprint density at radius 3 is 1.44 bits per heavy atom. The molecule has 9 aromatic rings. The lowest BCUT2D eigenvalue weighted by atomic mass is 9.90. The van der Waals surface area contributed by atoms with Gasteiger partial charge in [0.05, 0.1) is 33.5 Å². The molecule has 1 aliphatic heterocycles. The van der Waals surface area contributed by atoms with Crippen molar-refractivity contribution in [3.8, 4) is 50.2 Å². The number of aromatic nitrogens is 1. The van der Waals surface area contributed by atoms with E-state index < -0.39 is 0 Å². The zero-order valence-corrected chi connectivity index (χ0v) is 29.2. The van der Waals surface area contributed by atoms with Crippen LogP contribution in [0.2, 0.25) is 0 Å². The molecule has 0 bridgehead atoms. The molecule has 8 aromatic carbocycles. The molecule has 0 unspecified atom stereocenters. The third kappa shape index (κ3) is 4.92. The van der Waals surface area contributed by atoms with E-state index in [1.54, 1.807) is 6.07 Å². The molecule has 2 amide bonds. The maximum atomic E-state index is 15.4. The second-order valence-corrected chi connectivity index (χ2v) is 13.6. The van der Waals surface area contributed by atoms with Gasteiger partial charge in [0, 0.05) is 27.5 Å². The monoisotopic (exact) mass is 692 g/mol. The number of imide groups is 1. The first-order chi connectivity index (χ1) is 26.7. The number of anilines is 1. The minimum Gasteiger partial charge on any atom is -0.308 e. The Balaban J connectivity index is 1.25. The zero-order chi connectivity index (χ0) is 36.2. The van der Waals surface area contributed by atoms with Crippen molar-refractivity contribution in [2.45, 2.75) is 0 Å². The van der Waals surface area contributed by atoms with Crippen molar-refractivity contribution < 1.29 is 9.59 Å². The predicted molar refractivity (Wildman–Crippen MR) is 220 cm³/mol. The number of rotatable bonds is 6. The first-order valence-corrected chi connectivity index (χ1v) is 18.1. The van der Waals surface area contributed by atoms with Gasteiger partial charge in [0.25, 0.3) is 11.8 Å². The molecule has 4 heteroatoms. The summed E-state index contributed by atoms with van der Waals surface area (Å²) in [6.07, 6.45) is 0. The Kier molecular flexibility index (Phi) is 7.41. The molecule has 0 fully saturated rings. The van der Waals surface area contributed by atoms with Crippen LogP contribution in [0.1, 0.15) is 20.7 Å². The van der Waals surface area contributed by atoms with E-state index in [0.29, 0.717) is 22.5 Å². The van der Waals surface area contributed by atoms with Crippen LogP contribution in [0.5, 0.6) is 0 Å². The second-order valence-electron chi connectivity index (χ2n) is 13.6. The van der Waals surface area contributed by atoms with Crippen molar-refractivity contribution >= 4 is 39.3 Å². The van der Waals surface area contributed by atoms with E-state index in [1.807, 2.05) is 121 Å². The highest BCUT2D eigenvalue weighted by atomic mass is 16.2. The third-order valence-electron chi connectivity index (χ3n) is 10.5. The minimum absolute atomic E-state index is 0.345. The maximum absolute atomic E-state index is 15.4. The van der Waals surface area contributed by atoms with Crippen molar-refractivity contribution in [1.82, 2.24) is 4.57 Å². The van der Waals surface area contributed by atoms with Gasteiger partial charge in [0.1, 0.15) is 0 Å². The van der Waals surface area contributed by atoms with Crippen LogP contribution in [-0.4, -0.2) is 16.4 Å². The smallest absolute Gasteiger partial charge is 0.268 e. The van der Waals surface area contributed by atoms with Gasteiger partial charge in [0.15, 0.2) is 0 Å². The SMILES string of the molecule is O=C1c2cccc(-n3c4ccccc4c4cccc(-c5ccccc5)c43)c2C(=O)N1c1c(-c2ccccc2)cc(-c2ccccc2)cc1-c1ccccc1. The normalized spacial score (nSPS) is 12.5. The molecule has 2 heterocycles. The fourth-order valence-corrected chi connectivity index (χ4v) is 8.12. The lowest BCUT2D eigenvalue weighted by molar-refractivity contribution is 0.0926. The van der Waals surface area contributed by atoms with Gasteiger partial charge >= 0.3 is 0 Å². The second kappa shape index (κ2) is 12.7. The quantitative estimate of drug-likeness (QED) is 0.163. The molecule has 0 saturated heterocycles. The molecule has 0 atom stereocenters. The van der Waals surface area contributed by atoms with Gasteiger partial charge in [-0.25, -0.2) is 4.90 Å². The van der Waals surface area contributed by atoms with Gasteiger partial charge in [-0.3, -0.25) is 9.59 Å². The largest absolute Gasteiger partial charge is 0.308 e. The molecule has 0 spiro atoms. The summed E-state index contributed by atoms with van der Waals surface area (Å²) in [5.74, 6) is -0.696. The molecule has 0 radical (unpaired) electrons. The third-order valence-corrected chi connectivity index (χ3v) is 10.5. The summed E-state index contributed by atoms with van der Waals surface area (Å²) in [4.78, 5) is 31.7. The minimum atomic E-state index is -0.351. The average molecular weight is 693 g/mol. The maximum Gasteiger partial charge on any atom is 0.268 e. The number of fused-ring (bicyclic) bond motifs is 4. The molecule has 10 rings (SSSR count). The van der Waals surface area contributed by atoms with Crippen LogP contribution in [0, 0.1) is 0 Å². The summed E-state index contributed by atoms with van der Waals surface area (Å²) in [5.41, 5.74) is 11.5. The number of para-hydroxylation sites is 2. The van der Waals surface area contributed by atoms with Crippen LogP contribution in [0.15, 0.2) is 194 Å². The van der Waals surface area contributed by atoms with Crippen LogP contribution in [0.4, 0.5) is 5.69 Å². The Labute approximate surface area is 312 Å². The van der Waals surface area contributed by atoms with Gasteiger partial charge in [-0.15, -0.1) is 0 Å². The number of carbonyl (C=O) groups excluding carboxylic acids is 2. The van der Waals surface area contributed by atoms with Gasteiger partial charge in [-0.2, -0.15) is 0 Å². The molecule has 0 saturated carbocycles. The standard InChI is InChI=1S/C50H32N2O2/c53-49-41-28-16-30-45(51-44-29-14-13-25-39(44)40-27-15-26-38(47(40)51)34-19-7-2-8-20-34)46(41)50(54)52(49)48-42(35-21-9-3-10-22-35)31-37(33-17-5-1-6-18-33)32-43(48)36-23-11-4-12-24-36/h1-32H. The van der Waals surface area contributed by atoms with Crippen LogP contribution in [0.25, 0.3) is 72.0 Å². The fraction of sp³-hybridized carbons (Fsp3) is 0. The summed E-state index contributed by atoms with van der Waals surface area (Å²) in [5, 5.41) is 2.15. The van der Waals surface area contributed by atoms with Crippen molar-refractivity contribution in [2.24, 2.45) is 0 Å². The summed E-state index contributed by atoms with van der Waals surface area (Å²) in [7, 11) is 0. The lowest BCUT2D eigenvalue weighted by Crippen LogP contribution is -2.30. The Hall–Kier alpha value is -7.30. The summed E-state index contributed by atoms with van der Waals surface area (Å²) in [6.45, 7) is 0. The van der Waals surface area contributed by atoms with Crippen molar-refractivity contribution in [2.75, 3.05) is 4.90 Å². The van der Waals surface area contributed by atoms with Gasteiger partial charge in [-0.05, 0) is 58.1 Å². The van der Waals surface area contributed by atoms with E-state index >= 15 is 4.79 Å². The fourth-order valence-electron chi connectivity index (χ4n) is 8.12. The van der Waals surface area contributed by atoms with E-state index in [0.717, 1.165) is 66.3 Å². The van der Waals surface area contributed by atoms with Gasteiger partial charge in [-0.1, -0.05) is 164 Å². The number of nitrogens with zero attached hydrogens (tertiary/aromatic N) is 2. The van der Waals surface area contributed by atoms with Gasteiger partial charge < -0.3 is 4.57 Å². The molecular formula is C50H32N2O2. The lowest BCUT2D eigenvalue weighted by Gasteiger charge is -2.24. The molecule has 1 aromatic heterocycles. The number of hydrogen-bond acceptors (Lipinski definition) is 2. The number of benzene rings is 8. The topological polar surface area (TPSA) is 42.3 Å². The van der Waals surface area contributed by atoms with Crippen molar-refractivity contribution in [1.29, 1.82) is 0 Å². The van der Waals surface area contributed by atoms with Crippen molar-refractivity contribution in [3.63, 3.8) is 0 Å². The summed E-state index contributed by atoms with van der Waals surface area (Å²) >= 11 is 0. The highest BCUT2D eigenvalue weighted by molar-refractivity contribution is 6.37. The zero-order valence-electron chi connectivity index (χ0n) is 29.2. The molecule has 54 heavy (non-hydrogen) atoms. The molecular weight excluding hydrogens is 661 g/mol. The molecule has 254 valence electrons. The summed E-state index contributed by atoms with van der Waals surface area (Å²) in [6, 6.07) is 65.1. The molecule has 0 aliphatic carbocycles. The first kappa shape index (κ1) is 31.4. The van der Waals surface area contributed by atoms with Crippen molar-refractivity contribution in [3.05, 3.63) is 205 Å². The van der Waals surface area contributed by atoms with E-state index in [-0.39, 0.29) is 11.8 Å². The number of hydrogen-bond donors (Lipinski definition) is 0. The van der Waals surface area contributed by atoms with Crippen LogP contribution >= 0.6 is 0 Å². The predicted octanol–water partition coefficient (Wildman–Crippen LogP) is 12.3. The number of amides is 2. The van der Waals surface area contributed by atoms with E-state index in [2.05, 4.69) is 71.3 Å². The van der Waals surface area contributed by atoms with Crippen LogP contribution < -0.4 is 4.90 Å². The summed E-state index contributed by atoms with van der Waals surface area (Å²) < 4.78 is 2.18. The molecule has 0 N–H and O–H groups in total. The highest BCUT2D eigenvalue weighted by Crippen LogP contribution is 2.47. The van der Waals surface area contributed by atoms with Gasteiger partial charge in [0.2, 0.25) is 0 Å². The Morgan fingerprint density at radius 1 is 0.352 bits per heavy atom. The Morgan fingerprint density at radius 2 is 0.833 bits per heavy atom. The van der Waals surface area contributed by atoms with Crippen LogP contribution in [0.3, 0.4) is 0 Å². The molecule has 1 aliphatic rings. The van der Waals surface area contributed by atoms with E-state index in [4.69, 9.17) is 0 Å². The van der Waals surface area contributed by atoms with E-state index in [9.17, 15) is 4.79 Å².